The Morgan fingerprint density at radius 1 is 1.27 bits per heavy atom. The van der Waals surface area contributed by atoms with Crippen molar-refractivity contribution >= 4 is 23.3 Å². The van der Waals surface area contributed by atoms with Crippen LogP contribution in [0.5, 0.6) is 0 Å². The van der Waals surface area contributed by atoms with Gasteiger partial charge in [-0.05, 0) is 57.8 Å². The van der Waals surface area contributed by atoms with Gasteiger partial charge in [0.2, 0.25) is 5.91 Å². The van der Waals surface area contributed by atoms with Gasteiger partial charge in [-0.3, -0.25) is 9.59 Å². The number of nitrogens with zero attached hydrogens (tertiary/aromatic N) is 3. The lowest BCUT2D eigenvalue weighted by Gasteiger charge is -2.44. The molecule has 1 heterocycles. The van der Waals surface area contributed by atoms with E-state index in [1.165, 1.54) is 0 Å². The summed E-state index contributed by atoms with van der Waals surface area (Å²) in [7, 11) is 2.03. The number of halogens is 1. The summed E-state index contributed by atoms with van der Waals surface area (Å²) in [5.41, 5.74) is 2.67. The molecule has 1 aromatic rings. The number of piperazine rings is 1. The van der Waals surface area contributed by atoms with Gasteiger partial charge in [0.1, 0.15) is 0 Å². The lowest BCUT2D eigenvalue weighted by atomic mass is 10.0. The molecule has 1 unspecified atom stereocenters. The van der Waals surface area contributed by atoms with Gasteiger partial charge in [0.15, 0.2) is 5.78 Å². The van der Waals surface area contributed by atoms with Gasteiger partial charge >= 0.3 is 0 Å². The Kier molecular flexibility index (Phi) is 10.4. The summed E-state index contributed by atoms with van der Waals surface area (Å²) < 4.78 is 0. The Morgan fingerprint density at radius 3 is 2.42 bits per heavy atom. The van der Waals surface area contributed by atoms with Crippen molar-refractivity contribution < 1.29 is 9.59 Å². The van der Waals surface area contributed by atoms with Gasteiger partial charge in [0.25, 0.3) is 0 Å². The summed E-state index contributed by atoms with van der Waals surface area (Å²) in [4.78, 5) is 30.6. The van der Waals surface area contributed by atoms with Crippen molar-refractivity contribution in [1.82, 2.24) is 14.7 Å². The van der Waals surface area contributed by atoms with Crippen LogP contribution in [0.3, 0.4) is 0 Å². The zero-order valence-electron chi connectivity index (χ0n) is 20.7. The molecule has 180 valence electrons. The van der Waals surface area contributed by atoms with Gasteiger partial charge in [-0.1, -0.05) is 55.5 Å². The molecule has 0 spiro atoms. The minimum atomic E-state index is 0.0285. The van der Waals surface area contributed by atoms with E-state index in [1.54, 1.807) is 13.0 Å². The van der Waals surface area contributed by atoms with Crippen LogP contribution < -0.4 is 0 Å². The molecule has 1 aliphatic heterocycles. The number of aryl methyl sites for hydroxylation is 1. The molecule has 5 nitrogen and oxygen atoms in total. The number of amides is 1. The fourth-order valence-corrected chi connectivity index (χ4v) is 4.03. The van der Waals surface area contributed by atoms with Crippen LogP contribution >= 0.6 is 11.6 Å². The van der Waals surface area contributed by atoms with Crippen LogP contribution in [-0.2, 0) is 9.59 Å². The van der Waals surface area contributed by atoms with Gasteiger partial charge in [-0.2, -0.15) is 0 Å². The van der Waals surface area contributed by atoms with Crippen LogP contribution in [0.4, 0.5) is 0 Å². The smallest absolute Gasteiger partial charge is 0.246 e. The highest BCUT2D eigenvalue weighted by Crippen LogP contribution is 2.40. The summed E-state index contributed by atoms with van der Waals surface area (Å²) in [5, 5.41) is 0.840. The Balaban J connectivity index is 0.000000405. The van der Waals surface area contributed by atoms with Crippen molar-refractivity contribution in [3.63, 3.8) is 0 Å². The standard InChI is InChI=1S/C20H31N3O2.C7H7Cl/c1-6-18(16(4)24)23-15(3)13-22(14-19(23)17-10-11-17)20(25)9-8-12-21(5)7-2;1-6-4-2-3-5-7(6)8/h6,8-9,17,19H,3,7,10-14H2,1-2,4-5H3;2-5H,1H3/b9-8+,18-6-;. The van der Waals surface area contributed by atoms with Crippen molar-refractivity contribution in [2.24, 2.45) is 5.92 Å². The maximum Gasteiger partial charge on any atom is 0.246 e. The summed E-state index contributed by atoms with van der Waals surface area (Å²) in [5.74, 6) is 0.620. The Morgan fingerprint density at radius 2 is 1.94 bits per heavy atom. The predicted molar refractivity (Wildman–Crippen MR) is 137 cm³/mol. The SMILES string of the molecule is C=C1CN(C(=O)/C=C/CN(C)CC)CC(C2CC2)N1/C(=C\C)C(C)=O.Cc1ccccc1Cl. The molecule has 0 radical (unpaired) electrons. The molecule has 2 aliphatic rings. The van der Waals surface area contributed by atoms with E-state index in [2.05, 4.69) is 23.3 Å². The molecule has 1 aromatic carbocycles. The number of carbonyl (C=O) groups excluding carboxylic acids is 2. The van der Waals surface area contributed by atoms with E-state index < -0.39 is 0 Å². The molecule has 6 heteroatoms. The number of carbonyl (C=O) groups is 2. The quantitative estimate of drug-likeness (QED) is 0.520. The van der Waals surface area contributed by atoms with Crippen LogP contribution in [0.1, 0.15) is 39.2 Å². The van der Waals surface area contributed by atoms with E-state index >= 15 is 0 Å². The second-order valence-electron chi connectivity index (χ2n) is 8.80. The lowest BCUT2D eigenvalue weighted by molar-refractivity contribution is -0.127. The second kappa shape index (κ2) is 12.8. The number of ketones is 1. The Labute approximate surface area is 204 Å². The third kappa shape index (κ3) is 7.86. The number of likely N-dealkylation sites (N-methyl/N-ethyl adjacent to an activating group) is 1. The molecular formula is C27H38ClN3O2. The molecule has 1 saturated carbocycles. The first-order valence-corrected chi connectivity index (χ1v) is 12.1. The number of rotatable bonds is 7. The molecule has 33 heavy (non-hydrogen) atoms. The van der Waals surface area contributed by atoms with Crippen LogP contribution in [0.25, 0.3) is 0 Å². The molecule has 1 saturated heterocycles. The Bertz CT molecular complexity index is 883. The van der Waals surface area contributed by atoms with E-state index in [-0.39, 0.29) is 17.7 Å². The summed E-state index contributed by atoms with van der Waals surface area (Å²) in [6.45, 7) is 14.6. The number of Topliss-reactive ketones (excluding diaryl/α,β-unsaturated/α-hetero) is 1. The van der Waals surface area contributed by atoms with E-state index in [9.17, 15) is 9.59 Å². The first-order chi connectivity index (χ1) is 15.7. The fraction of sp³-hybridized carbons (Fsp3) is 0.481. The number of hydrogen-bond donors (Lipinski definition) is 0. The fourth-order valence-electron chi connectivity index (χ4n) is 3.89. The number of allylic oxidation sites excluding steroid dienone is 2. The van der Waals surface area contributed by atoms with Gasteiger partial charge in [0, 0.05) is 36.8 Å². The van der Waals surface area contributed by atoms with Crippen molar-refractivity contribution in [3.8, 4) is 0 Å². The second-order valence-corrected chi connectivity index (χ2v) is 9.20. The number of benzene rings is 1. The Hall–Kier alpha value is -2.37. The van der Waals surface area contributed by atoms with Crippen molar-refractivity contribution in [2.45, 2.75) is 46.6 Å². The molecular weight excluding hydrogens is 434 g/mol. The van der Waals surface area contributed by atoms with Gasteiger partial charge in [-0.25, -0.2) is 0 Å². The van der Waals surface area contributed by atoms with E-state index in [1.807, 2.05) is 62.2 Å². The van der Waals surface area contributed by atoms with E-state index in [0.717, 1.165) is 42.2 Å². The minimum absolute atomic E-state index is 0.0285. The monoisotopic (exact) mass is 471 g/mol. The molecule has 3 rings (SSSR count). The normalized spacial score (nSPS) is 19.1. The summed E-state index contributed by atoms with van der Waals surface area (Å²) in [6, 6.07) is 7.93. The maximum absolute atomic E-state index is 12.6. The van der Waals surface area contributed by atoms with Crippen molar-refractivity contribution in [3.05, 3.63) is 71.1 Å². The molecule has 1 amide bonds. The summed E-state index contributed by atoms with van der Waals surface area (Å²) in [6.07, 6.45) is 7.76. The molecule has 1 aliphatic carbocycles. The van der Waals surface area contributed by atoms with Crippen LogP contribution in [-0.4, -0.2) is 65.7 Å². The van der Waals surface area contributed by atoms with Crippen LogP contribution in [0.2, 0.25) is 5.02 Å². The van der Waals surface area contributed by atoms with Crippen LogP contribution in [0, 0.1) is 12.8 Å². The predicted octanol–water partition coefficient (Wildman–Crippen LogP) is 5.07. The first kappa shape index (κ1) is 26.9. The van der Waals surface area contributed by atoms with E-state index in [4.69, 9.17) is 11.6 Å². The zero-order chi connectivity index (χ0) is 24.5. The molecule has 0 bridgehead atoms. The largest absolute Gasteiger partial charge is 0.336 e. The average Bonchev–Trinajstić information content (AvgIpc) is 3.62. The average molecular weight is 472 g/mol. The zero-order valence-corrected chi connectivity index (χ0v) is 21.4. The highest BCUT2D eigenvalue weighted by Gasteiger charge is 2.42. The van der Waals surface area contributed by atoms with Gasteiger partial charge in [-0.15, -0.1) is 0 Å². The molecule has 1 atom stereocenters. The maximum atomic E-state index is 12.6. The molecule has 2 fully saturated rings. The topological polar surface area (TPSA) is 43.9 Å². The molecule has 0 aromatic heterocycles. The van der Waals surface area contributed by atoms with Gasteiger partial charge < -0.3 is 14.7 Å². The lowest BCUT2D eigenvalue weighted by Crippen LogP contribution is -2.54. The van der Waals surface area contributed by atoms with Crippen LogP contribution in [0.15, 0.2) is 60.5 Å². The van der Waals surface area contributed by atoms with E-state index in [0.29, 0.717) is 24.7 Å². The third-order valence-corrected chi connectivity index (χ3v) is 6.54. The highest BCUT2D eigenvalue weighted by molar-refractivity contribution is 6.31. The first-order valence-electron chi connectivity index (χ1n) is 11.7. The summed E-state index contributed by atoms with van der Waals surface area (Å²) >= 11 is 5.71. The van der Waals surface area contributed by atoms with Crippen molar-refractivity contribution in [1.29, 1.82) is 0 Å². The molecule has 0 N–H and O–H groups in total. The number of hydrogen-bond acceptors (Lipinski definition) is 4. The third-order valence-electron chi connectivity index (χ3n) is 6.12. The highest BCUT2D eigenvalue weighted by atomic mass is 35.5. The van der Waals surface area contributed by atoms with Gasteiger partial charge in [0.05, 0.1) is 18.3 Å². The minimum Gasteiger partial charge on any atom is -0.336 e. The van der Waals surface area contributed by atoms with Crippen molar-refractivity contribution in [2.75, 3.05) is 33.2 Å².